The highest BCUT2D eigenvalue weighted by molar-refractivity contribution is 9.10. The minimum absolute atomic E-state index is 0.0991. The second kappa shape index (κ2) is 5.90. The second-order valence-corrected chi connectivity index (χ2v) is 5.67. The van der Waals surface area contributed by atoms with E-state index in [0.717, 1.165) is 16.5 Å². The highest BCUT2D eigenvalue weighted by atomic mass is 79.9. The maximum atomic E-state index is 6.40. The summed E-state index contributed by atoms with van der Waals surface area (Å²) in [5.74, 6) is 0. The molecule has 1 unspecified atom stereocenters. The maximum absolute atomic E-state index is 6.40. The summed E-state index contributed by atoms with van der Waals surface area (Å²) in [5.41, 5.74) is 2.19. The average molecular weight is 330 g/mol. The quantitative estimate of drug-likeness (QED) is 0.640. The monoisotopic (exact) mass is 328 g/mol. The van der Waals surface area contributed by atoms with Crippen LogP contribution in [0.25, 0.3) is 0 Å². The summed E-state index contributed by atoms with van der Waals surface area (Å²) < 4.78 is 0.967. The summed E-state index contributed by atoms with van der Waals surface area (Å²) in [7, 11) is 0. The summed E-state index contributed by atoms with van der Waals surface area (Å²) >= 11 is 16.0. The van der Waals surface area contributed by atoms with Gasteiger partial charge in [0.25, 0.3) is 0 Å². The van der Waals surface area contributed by atoms with Gasteiger partial charge in [0.2, 0.25) is 0 Å². The minimum atomic E-state index is -0.0991. The molecule has 0 radical (unpaired) electrons. The van der Waals surface area contributed by atoms with E-state index in [1.54, 1.807) is 0 Å². The Kier molecular flexibility index (Phi) is 4.49. The van der Waals surface area contributed by atoms with E-state index in [9.17, 15) is 0 Å². The molecule has 0 bridgehead atoms. The minimum Gasteiger partial charge on any atom is -0.117 e. The second-order valence-electron chi connectivity index (χ2n) is 3.82. The first-order valence-corrected chi connectivity index (χ1v) is 6.90. The first-order valence-electron chi connectivity index (χ1n) is 5.30. The lowest BCUT2D eigenvalue weighted by Crippen LogP contribution is -1.96. The largest absolute Gasteiger partial charge is 0.117 e. The van der Waals surface area contributed by atoms with Crippen molar-refractivity contribution in [3.8, 4) is 0 Å². The first kappa shape index (κ1) is 12.9. The normalized spacial score (nSPS) is 12.4. The summed E-state index contributed by atoms with van der Waals surface area (Å²) in [6.45, 7) is 0. The Hall–Kier alpha value is -0.500. The van der Waals surface area contributed by atoms with Crippen molar-refractivity contribution in [3.05, 3.63) is 69.2 Å². The third-order valence-corrected chi connectivity index (χ3v) is 3.77. The molecule has 1 atom stereocenters. The molecule has 88 valence electrons. The van der Waals surface area contributed by atoms with Gasteiger partial charge < -0.3 is 0 Å². The van der Waals surface area contributed by atoms with Crippen LogP contribution < -0.4 is 0 Å². The molecular formula is C14H11BrCl2. The van der Waals surface area contributed by atoms with E-state index >= 15 is 0 Å². The van der Waals surface area contributed by atoms with Gasteiger partial charge in [-0.2, -0.15) is 0 Å². The fraction of sp³-hybridized carbons (Fsp3) is 0.143. The molecule has 2 aromatic carbocycles. The zero-order valence-corrected chi connectivity index (χ0v) is 12.1. The molecule has 2 aromatic rings. The van der Waals surface area contributed by atoms with E-state index in [2.05, 4.69) is 28.1 Å². The molecular weight excluding hydrogens is 319 g/mol. The first-order chi connectivity index (χ1) is 8.16. The van der Waals surface area contributed by atoms with E-state index in [1.807, 2.05) is 36.4 Å². The third-order valence-electron chi connectivity index (χ3n) is 2.56. The lowest BCUT2D eigenvalue weighted by Gasteiger charge is -2.12. The van der Waals surface area contributed by atoms with Crippen molar-refractivity contribution in [2.45, 2.75) is 11.8 Å². The van der Waals surface area contributed by atoms with Gasteiger partial charge in [-0.05, 0) is 29.7 Å². The van der Waals surface area contributed by atoms with Crippen LogP contribution in [0.15, 0.2) is 53.0 Å². The smallest absolute Gasteiger partial charge is 0.0640 e. The van der Waals surface area contributed by atoms with Crippen LogP contribution in [0.3, 0.4) is 0 Å². The molecule has 0 amide bonds. The van der Waals surface area contributed by atoms with Crippen LogP contribution in [0, 0.1) is 0 Å². The van der Waals surface area contributed by atoms with Crippen LogP contribution in [0.5, 0.6) is 0 Å². The zero-order chi connectivity index (χ0) is 12.3. The fourth-order valence-corrected chi connectivity index (χ4v) is 2.92. The van der Waals surface area contributed by atoms with Crippen molar-refractivity contribution in [1.82, 2.24) is 0 Å². The molecule has 0 N–H and O–H groups in total. The standard InChI is InChI=1S/C14H11BrCl2/c15-11-6-7-12(14(17)9-11)13(16)8-10-4-2-1-3-5-10/h1-7,9,13H,8H2. The maximum Gasteiger partial charge on any atom is 0.0640 e. The van der Waals surface area contributed by atoms with Crippen LogP contribution in [0.4, 0.5) is 0 Å². The molecule has 0 aliphatic heterocycles. The molecule has 0 nitrogen and oxygen atoms in total. The Bertz CT molecular complexity index is 497. The number of rotatable bonds is 3. The molecule has 0 aliphatic rings. The van der Waals surface area contributed by atoms with Gasteiger partial charge in [0.15, 0.2) is 0 Å². The fourth-order valence-electron chi connectivity index (χ4n) is 1.69. The van der Waals surface area contributed by atoms with Crippen molar-refractivity contribution >= 4 is 39.1 Å². The summed E-state index contributed by atoms with van der Waals surface area (Å²) in [5, 5.41) is 0.605. The number of halogens is 3. The molecule has 0 aromatic heterocycles. The number of hydrogen-bond acceptors (Lipinski definition) is 0. The van der Waals surface area contributed by atoms with Gasteiger partial charge in [-0.15, -0.1) is 11.6 Å². The van der Waals surface area contributed by atoms with Crippen molar-refractivity contribution in [1.29, 1.82) is 0 Å². The number of benzene rings is 2. The topological polar surface area (TPSA) is 0 Å². The third kappa shape index (κ3) is 3.48. The Morgan fingerprint density at radius 3 is 2.41 bits per heavy atom. The van der Waals surface area contributed by atoms with E-state index in [4.69, 9.17) is 23.2 Å². The van der Waals surface area contributed by atoms with Crippen molar-refractivity contribution in [3.63, 3.8) is 0 Å². The van der Waals surface area contributed by atoms with Crippen LogP contribution in [0.1, 0.15) is 16.5 Å². The van der Waals surface area contributed by atoms with Gasteiger partial charge in [0.05, 0.1) is 5.38 Å². The molecule has 2 rings (SSSR count). The predicted molar refractivity (Wildman–Crippen MR) is 77.9 cm³/mol. The van der Waals surface area contributed by atoms with E-state index in [-0.39, 0.29) is 5.38 Å². The molecule has 17 heavy (non-hydrogen) atoms. The van der Waals surface area contributed by atoms with Crippen LogP contribution in [0.2, 0.25) is 5.02 Å². The molecule has 0 spiro atoms. The van der Waals surface area contributed by atoms with Crippen LogP contribution >= 0.6 is 39.1 Å². The SMILES string of the molecule is Clc1cc(Br)ccc1C(Cl)Cc1ccccc1. The van der Waals surface area contributed by atoms with E-state index in [0.29, 0.717) is 5.02 Å². The molecule has 3 heteroatoms. The zero-order valence-electron chi connectivity index (χ0n) is 9.04. The van der Waals surface area contributed by atoms with Crippen molar-refractivity contribution < 1.29 is 0 Å². The van der Waals surface area contributed by atoms with Gasteiger partial charge in [0, 0.05) is 9.50 Å². The van der Waals surface area contributed by atoms with E-state index in [1.165, 1.54) is 5.56 Å². The molecule has 0 saturated carbocycles. The summed E-state index contributed by atoms with van der Waals surface area (Å²) in [4.78, 5) is 0. The lowest BCUT2D eigenvalue weighted by atomic mass is 10.0. The molecule has 0 saturated heterocycles. The lowest BCUT2D eigenvalue weighted by molar-refractivity contribution is 0.920. The van der Waals surface area contributed by atoms with Gasteiger partial charge in [-0.3, -0.25) is 0 Å². The average Bonchev–Trinajstić information content (AvgIpc) is 2.30. The Morgan fingerprint density at radius 2 is 1.76 bits per heavy atom. The number of hydrogen-bond donors (Lipinski definition) is 0. The van der Waals surface area contributed by atoms with Gasteiger partial charge >= 0.3 is 0 Å². The Balaban J connectivity index is 2.17. The summed E-state index contributed by atoms with van der Waals surface area (Å²) in [6, 6.07) is 16.0. The Morgan fingerprint density at radius 1 is 1.06 bits per heavy atom. The molecule has 0 aliphatic carbocycles. The number of alkyl halides is 1. The van der Waals surface area contributed by atoms with Gasteiger partial charge in [-0.25, -0.2) is 0 Å². The Labute approximate surface area is 120 Å². The van der Waals surface area contributed by atoms with Crippen molar-refractivity contribution in [2.75, 3.05) is 0 Å². The van der Waals surface area contributed by atoms with Crippen LogP contribution in [-0.4, -0.2) is 0 Å². The van der Waals surface area contributed by atoms with E-state index < -0.39 is 0 Å². The molecule has 0 fully saturated rings. The van der Waals surface area contributed by atoms with Gasteiger partial charge in [-0.1, -0.05) is 63.9 Å². The predicted octanol–water partition coefficient (Wildman–Crippen LogP) is 5.63. The highest BCUT2D eigenvalue weighted by Gasteiger charge is 2.12. The van der Waals surface area contributed by atoms with Crippen LogP contribution in [-0.2, 0) is 6.42 Å². The van der Waals surface area contributed by atoms with Gasteiger partial charge in [0.1, 0.15) is 0 Å². The van der Waals surface area contributed by atoms with Crippen molar-refractivity contribution in [2.24, 2.45) is 0 Å². The molecule has 0 heterocycles. The highest BCUT2D eigenvalue weighted by Crippen LogP contribution is 2.32. The summed E-state index contributed by atoms with van der Waals surface area (Å²) in [6.07, 6.45) is 0.781.